The van der Waals surface area contributed by atoms with Crippen molar-refractivity contribution in [2.45, 2.75) is 18.7 Å². The van der Waals surface area contributed by atoms with Gasteiger partial charge >= 0.3 is 0 Å². The number of hydrogen-bond acceptors (Lipinski definition) is 3. The smallest absolute Gasteiger partial charge is 0.131 e. The van der Waals surface area contributed by atoms with Gasteiger partial charge in [-0.1, -0.05) is 22.0 Å². The standard InChI is InChI=1S/C13H19BrN2O/c1-10-5-12(6-14)7-15-13(10)16-4-3-11(8-16)9-17-2/h5,7,11H,3-4,6,8-9H2,1-2H3. The highest BCUT2D eigenvalue weighted by atomic mass is 79.9. The SMILES string of the molecule is COCC1CCN(c2ncc(CBr)cc2C)C1. The molecule has 3 nitrogen and oxygen atoms in total. The third-order valence-electron chi connectivity index (χ3n) is 3.25. The molecule has 1 aromatic heterocycles. The van der Waals surface area contributed by atoms with Crippen molar-refractivity contribution in [1.82, 2.24) is 4.98 Å². The topological polar surface area (TPSA) is 25.4 Å². The highest BCUT2D eigenvalue weighted by Gasteiger charge is 2.24. The van der Waals surface area contributed by atoms with Crippen molar-refractivity contribution in [2.75, 3.05) is 31.7 Å². The molecule has 0 spiro atoms. The molecule has 1 fully saturated rings. The van der Waals surface area contributed by atoms with Crippen LogP contribution in [0.25, 0.3) is 0 Å². The van der Waals surface area contributed by atoms with Gasteiger partial charge < -0.3 is 9.64 Å². The first-order chi connectivity index (χ1) is 8.24. The minimum Gasteiger partial charge on any atom is -0.384 e. The molecule has 17 heavy (non-hydrogen) atoms. The van der Waals surface area contributed by atoms with E-state index in [1.807, 2.05) is 6.20 Å². The molecule has 1 saturated heterocycles. The van der Waals surface area contributed by atoms with Crippen molar-refractivity contribution >= 4 is 21.7 Å². The number of halogens is 1. The van der Waals surface area contributed by atoms with Gasteiger partial charge in [0.1, 0.15) is 5.82 Å². The Morgan fingerprint density at radius 3 is 3.06 bits per heavy atom. The highest BCUT2D eigenvalue weighted by Crippen LogP contribution is 2.25. The number of methoxy groups -OCH3 is 1. The number of aromatic nitrogens is 1. The number of alkyl halides is 1. The lowest BCUT2D eigenvalue weighted by Crippen LogP contribution is -2.23. The van der Waals surface area contributed by atoms with Gasteiger partial charge in [-0.2, -0.15) is 0 Å². The van der Waals surface area contributed by atoms with Crippen LogP contribution >= 0.6 is 15.9 Å². The first-order valence-corrected chi connectivity index (χ1v) is 7.12. The number of rotatable bonds is 4. The first kappa shape index (κ1) is 12.8. The molecular formula is C13H19BrN2O. The molecular weight excluding hydrogens is 280 g/mol. The summed E-state index contributed by atoms with van der Waals surface area (Å²) in [6, 6.07) is 2.21. The van der Waals surface area contributed by atoms with E-state index in [0.29, 0.717) is 5.92 Å². The number of pyridine rings is 1. The lowest BCUT2D eigenvalue weighted by molar-refractivity contribution is 0.161. The second kappa shape index (κ2) is 5.83. The third-order valence-corrected chi connectivity index (χ3v) is 3.90. The quantitative estimate of drug-likeness (QED) is 0.799. The van der Waals surface area contributed by atoms with Crippen molar-refractivity contribution < 1.29 is 4.74 Å². The molecule has 94 valence electrons. The van der Waals surface area contributed by atoms with Crippen LogP contribution in [0.3, 0.4) is 0 Å². The summed E-state index contributed by atoms with van der Waals surface area (Å²) in [6.07, 6.45) is 3.16. The molecule has 0 radical (unpaired) electrons. The van der Waals surface area contributed by atoms with E-state index in [1.54, 1.807) is 7.11 Å². The fourth-order valence-corrected chi connectivity index (χ4v) is 2.73. The maximum absolute atomic E-state index is 5.22. The van der Waals surface area contributed by atoms with Gasteiger partial charge in [0, 0.05) is 37.6 Å². The van der Waals surface area contributed by atoms with Crippen LogP contribution in [0.1, 0.15) is 17.5 Å². The lowest BCUT2D eigenvalue weighted by Gasteiger charge is -2.20. The fraction of sp³-hybridized carbons (Fsp3) is 0.615. The van der Waals surface area contributed by atoms with Crippen molar-refractivity contribution in [3.05, 3.63) is 23.4 Å². The molecule has 1 aliphatic rings. The minimum absolute atomic E-state index is 0.650. The zero-order chi connectivity index (χ0) is 12.3. The molecule has 2 rings (SSSR count). The van der Waals surface area contributed by atoms with E-state index < -0.39 is 0 Å². The summed E-state index contributed by atoms with van der Waals surface area (Å²) in [5, 5.41) is 0.868. The van der Waals surface area contributed by atoms with Crippen LogP contribution in [-0.2, 0) is 10.1 Å². The molecule has 4 heteroatoms. The van der Waals surface area contributed by atoms with Crippen molar-refractivity contribution in [2.24, 2.45) is 5.92 Å². The predicted molar refractivity (Wildman–Crippen MR) is 73.8 cm³/mol. The Balaban J connectivity index is 2.08. The number of anilines is 1. The predicted octanol–water partition coefficient (Wildman–Crippen LogP) is 2.76. The molecule has 0 saturated carbocycles. The molecule has 1 aromatic rings. The molecule has 0 amide bonds. The van der Waals surface area contributed by atoms with E-state index in [-0.39, 0.29) is 0 Å². The lowest BCUT2D eigenvalue weighted by atomic mass is 10.1. The summed E-state index contributed by atoms with van der Waals surface area (Å²) >= 11 is 3.46. The molecule has 2 heterocycles. The van der Waals surface area contributed by atoms with Crippen molar-refractivity contribution in [1.29, 1.82) is 0 Å². The van der Waals surface area contributed by atoms with E-state index in [0.717, 1.165) is 30.8 Å². The molecule has 0 bridgehead atoms. The van der Waals surface area contributed by atoms with E-state index in [9.17, 15) is 0 Å². The maximum Gasteiger partial charge on any atom is 0.131 e. The third kappa shape index (κ3) is 2.99. The molecule has 0 aliphatic carbocycles. The van der Waals surface area contributed by atoms with Crippen LogP contribution in [0, 0.1) is 12.8 Å². The second-order valence-electron chi connectivity index (χ2n) is 4.67. The Hall–Kier alpha value is -0.610. The Labute approximate surface area is 111 Å². The summed E-state index contributed by atoms with van der Waals surface area (Å²) in [4.78, 5) is 6.95. The van der Waals surface area contributed by atoms with Crippen LogP contribution < -0.4 is 4.90 Å². The number of ether oxygens (including phenoxy) is 1. The Morgan fingerprint density at radius 2 is 2.41 bits per heavy atom. The average molecular weight is 299 g/mol. The van der Waals surface area contributed by atoms with Gasteiger partial charge in [0.25, 0.3) is 0 Å². The van der Waals surface area contributed by atoms with Gasteiger partial charge in [0.05, 0.1) is 6.61 Å². The fourth-order valence-electron chi connectivity index (χ4n) is 2.43. The highest BCUT2D eigenvalue weighted by molar-refractivity contribution is 9.08. The summed E-state index contributed by atoms with van der Waals surface area (Å²) in [5.74, 6) is 1.78. The van der Waals surface area contributed by atoms with Crippen molar-refractivity contribution in [3.63, 3.8) is 0 Å². The van der Waals surface area contributed by atoms with Crippen molar-refractivity contribution in [3.8, 4) is 0 Å². The largest absolute Gasteiger partial charge is 0.384 e. The van der Waals surface area contributed by atoms with Crippen LogP contribution in [0.5, 0.6) is 0 Å². The second-order valence-corrected chi connectivity index (χ2v) is 5.23. The molecule has 1 unspecified atom stereocenters. The van der Waals surface area contributed by atoms with E-state index in [4.69, 9.17) is 4.74 Å². The first-order valence-electron chi connectivity index (χ1n) is 6.00. The van der Waals surface area contributed by atoms with Crippen LogP contribution in [0.4, 0.5) is 5.82 Å². The monoisotopic (exact) mass is 298 g/mol. The van der Waals surface area contributed by atoms with Gasteiger partial charge in [-0.25, -0.2) is 4.98 Å². The van der Waals surface area contributed by atoms with E-state index >= 15 is 0 Å². The normalized spacial score (nSPS) is 19.9. The summed E-state index contributed by atoms with van der Waals surface area (Å²) in [6.45, 7) is 5.15. The van der Waals surface area contributed by atoms with E-state index in [1.165, 1.54) is 17.5 Å². The van der Waals surface area contributed by atoms with Gasteiger partial charge in [-0.05, 0) is 24.5 Å². The molecule has 1 aliphatic heterocycles. The Morgan fingerprint density at radius 1 is 1.59 bits per heavy atom. The number of aryl methyl sites for hydroxylation is 1. The van der Waals surface area contributed by atoms with Gasteiger partial charge in [-0.3, -0.25) is 0 Å². The van der Waals surface area contributed by atoms with Gasteiger partial charge in [0.15, 0.2) is 0 Å². The van der Waals surface area contributed by atoms with Gasteiger partial charge in [-0.15, -0.1) is 0 Å². The zero-order valence-electron chi connectivity index (χ0n) is 10.4. The maximum atomic E-state index is 5.22. The zero-order valence-corrected chi connectivity index (χ0v) is 12.0. The summed E-state index contributed by atoms with van der Waals surface area (Å²) in [5.41, 5.74) is 2.50. The Bertz CT molecular complexity index is 384. The van der Waals surface area contributed by atoms with Crippen LogP contribution in [-0.4, -0.2) is 31.8 Å². The minimum atomic E-state index is 0.650. The number of hydrogen-bond donors (Lipinski definition) is 0. The van der Waals surface area contributed by atoms with Crippen LogP contribution in [0.2, 0.25) is 0 Å². The number of nitrogens with zero attached hydrogens (tertiary/aromatic N) is 2. The summed E-state index contributed by atoms with van der Waals surface area (Å²) in [7, 11) is 1.77. The molecule has 0 N–H and O–H groups in total. The van der Waals surface area contributed by atoms with E-state index in [2.05, 4.69) is 38.8 Å². The Kier molecular flexibility index (Phi) is 4.40. The van der Waals surface area contributed by atoms with Gasteiger partial charge in [0.2, 0.25) is 0 Å². The molecule has 1 atom stereocenters. The molecule has 0 aromatic carbocycles. The van der Waals surface area contributed by atoms with Crippen LogP contribution in [0.15, 0.2) is 12.3 Å². The summed E-state index contributed by atoms with van der Waals surface area (Å²) < 4.78 is 5.22. The average Bonchev–Trinajstić information content (AvgIpc) is 2.78.